The molecular formula is C28H24N4O6. The van der Waals surface area contributed by atoms with Gasteiger partial charge in [0.15, 0.2) is 0 Å². The van der Waals surface area contributed by atoms with Gasteiger partial charge in [-0.05, 0) is 81.5 Å². The molecule has 1 aliphatic heterocycles. The molecule has 0 radical (unpaired) electrons. The number of nitrogens with one attached hydrogen (secondary N) is 1. The van der Waals surface area contributed by atoms with Crippen LogP contribution in [-0.4, -0.2) is 43.6 Å². The number of carboxylic acids is 2. The number of hydrogen-bond acceptors (Lipinski definition) is 5. The van der Waals surface area contributed by atoms with Crippen molar-refractivity contribution < 1.29 is 24.6 Å². The number of aryl methyl sites for hydroxylation is 1. The van der Waals surface area contributed by atoms with E-state index >= 15 is 0 Å². The van der Waals surface area contributed by atoms with E-state index in [9.17, 15) is 19.2 Å². The molecule has 0 bridgehead atoms. The van der Waals surface area contributed by atoms with E-state index in [1.165, 1.54) is 46.1 Å². The summed E-state index contributed by atoms with van der Waals surface area (Å²) in [5, 5.41) is 26.6. The van der Waals surface area contributed by atoms with E-state index in [1.54, 1.807) is 50.3 Å². The smallest absolute Gasteiger partial charge is 0.335 e. The third-order valence-corrected chi connectivity index (χ3v) is 5.94. The van der Waals surface area contributed by atoms with Crippen LogP contribution in [0.15, 0.2) is 87.8 Å². The maximum Gasteiger partial charge on any atom is 0.335 e. The Hall–Kier alpha value is -5.25. The van der Waals surface area contributed by atoms with Gasteiger partial charge < -0.3 is 10.2 Å². The van der Waals surface area contributed by atoms with E-state index < -0.39 is 11.9 Å². The molecule has 38 heavy (non-hydrogen) atoms. The van der Waals surface area contributed by atoms with Crippen molar-refractivity contribution in [2.24, 2.45) is 5.10 Å². The molecule has 0 atom stereocenters. The van der Waals surface area contributed by atoms with Crippen LogP contribution >= 0.6 is 0 Å². The lowest BCUT2D eigenvalue weighted by molar-refractivity contribution is -0.114. The van der Waals surface area contributed by atoms with E-state index in [4.69, 9.17) is 10.2 Å². The Kier molecular flexibility index (Phi) is 7.06. The molecule has 3 aromatic rings. The number of carbonyl (C=O) groups excluding carboxylic acids is 1. The molecule has 192 valence electrons. The van der Waals surface area contributed by atoms with Gasteiger partial charge in [-0.2, -0.15) is 10.1 Å². The summed E-state index contributed by atoms with van der Waals surface area (Å²) in [6, 6.07) is 11.8. The van der Waals surface area contributed by atoms with Crippen LogP contribution < -0.4 is 10.6 Å². The summed E-state index contributed by atoms with van der Waals surface area (Å²) < 4.78 is 1.34. The first kappa shape index (κ1) is 25.8. The van der Waals surface area contributed by atoms with Gasteiger partial charge in [0.05, 0.1) is 39.3 Å². The van der Waals surface area contributed by atoms with Gasteiger partial charge in [0.2, 0.25) is 0 Å². The average Bonchev–Trinajstić information content (AvgIpc) is 3.34. The topological polar surface area (TPSA) is 145 Å². The van der Waals surface area contributed by atoms with Crippen molar-refractivity contribution in [1.29, 1.82) is 0 Å². The SMILES string of the molecule is CC(C=Cc1c(C)[nH]n(-c2ccc(C(=O)O)cc2)c1=O)=CC=C1C(=O)N(c2ccc(C(=O)O)cc2)N=C1C. The van der Waals surface area contributed by atoms with Crippen molar-refractivity contribution in [2.75, 3.05) is 5.01 Å². The van der Waals surface area contributed by atoms with Crippen molar-refractivity contribution >= 4 is 35.3 Å². The minimum atomic E-state index is -1.05. The van der Waals surface area contributed by atoms with Gasteiger partial charge in [-0.25, -0.2) is 14.3 Å². The minimum Gasteiger partial charge on any atom is -0.478 e. The van der Waals surface area contributed by atoms with Gasteiger partial charge >= 0.3 is 11.9 Å². The fourth-order valence-electron chi connectivity index (χ4n) is 3.81. The number of rotatable bonds is 7. The lowest BCUT2D eigenvalue weighted by Crippen LogP contribution is -2.21. The predicted octanol–water partition coefficient (Wildman–Crippen LogP) is 4.18. The number of benzene rings is 2. The van der Waals surface area contributed by atoms with Crippen molar-refractivity contribution in [3.8, 4) is 5.69 Å². The summed E-state index contributed by atoms with van der Waals surface area (Å²) in [6.07, 6.45) is 6.82. The number of hydrazone groups is 1. The van der Waals surface area contributed by atoms with Crippen LogP contribution in [0, 0.1) is 6.92 Å². The fourth-order valence-corrected chi connectivity index (χ4v) is 3.81. The Morgan fingerprint density at radius 3 is 2.00 bits per heavy atom. The molecule has 10 heteroatoms. The Labute approximate surface area is 217 Å². The van der Waals surface area contributed by atoms with E-state index in [0.29, 0.717) is 33.9 Å². The molecule has 0 aliphatic carbocycles. The zero-order valence-corrected chi connectivity index (χ0v) is 20.8. The van der Waals surface area contributed by atoms with Crippen LogP contribution in [0.2, 0.25) is 0 Å². The summed E-state index contributed by atoms with van der Waals surface area (Å²) in [7, 11) is 0. The van der Waals surface area contributed by atoms with Gasteiger partial charge in [0.1, 0.15) is 0 Å². The van der Waals surface area contributed by atoms with Crippen molar-refractivity contribution in [3.05, 3.63) is 111 Å². The molecule has 2 heterocycles. The van der Waals surface area contributed by atoms with Crippen LogP contribution in [0.1, 0.15) is 45.8 Å². The van der Waals surface area contributed by atoms with Crippen LogP contribution in [-0.2, 0) is 4.79 Å². The fraction of sp³-hybridized carbons (Fsp3) is 0.107. The van der Waals surface area contributed by atoms with Gasteiger partial charge in [-0.1, -0.05) is 17.7 Å². The number of allylic oxidation sites excluding steroid dienone is 4. The summed E-state index contributed by atoms with van der Waals surface area (Å²) >= 11 is 0. The largest absolute Gasteiger partial charge is 0.478 e. The number of carboxylic acid groups (broad SMARTS) is 2. The number of H-pyrrole nitrogens is 1. The highest BCUT2D eigenvalue weighted by Gasteiger charge is 2.28. The first-order valence-electron chi connectivity index (χ1n) is 11.5. The Morgan fingerprint density at radius 1 is 0.895 bits per heavy atom. The lowest BCUT2D eigenvalue weighted by Gasteiger charge is -2.11. The molecule has 2 aromatic carbocycles. The summed E-state index contributed by atoms with van der Waals surface area (Å²) in [6.45, 7) is 5.30. The minimum absolute atomic E-state index is 0.114. The highest BCUT2D eigenvalue weighted by Crippen LogP contribution is 2.24. The van der Waals surface area contributed by atoms with Crippen LogP contribution in [0.3, 0.4) is 0 Å². The summed E-state index contributed by atoms with van der Waals surface area (Å²) in [5.41, 5.74) is 3.69. The third-order valence-electron chi connectivity index (χ3n) is 5.94. The van der Waals surface area contributed by atoms with Crippen molar-refractivity contribution in [1.82, 2.24) is 9.78 Å². The molecule has 0 fully saturated rings. The maximum absolute atomic E-state index is 12.9. The van der Waals surface area contributed by atoms with Gasteiger partial charge in [0, 0.05) is 5.69 Å². The quantitative estimate of drug-likeness (QED) is 0.320. The normalized spacial score (nSPS) is 15.0. The number of aromatic carboxylic acids is 2. The summed E-state index contributed by atoms with van der Waals surface area (Å²) in [5.74, 6) is -2.44. The highest BCUT2D eigenvalue weighted by atomic mass is 16.4. The maximum atomic E-state index is 12.9. The van der Waals surface area contributed by atoms with Gasteiger partial charge in [-0.3, -0.25) is 14.7 Å². The van der Waals surface area contributed by atoms with Crippen molar-refractivity contribution in [2.45, 2.75) is 20.8 Å². The molecular weight excluding hydrogens is 488 g/mol. The number of hydrogen-bond donors (Lipinski definition) is 3. The van der Waals surface area contributed by atoms with E-state index in [2.05, 4.69) is 10.2 Å². The highest BCUT2D eigenvalue weighted by molar-refractivity contribution is 6.29. The Bertz CT molecular complexity index is 1620. The molecule has 1 aliphatic rings. The van der Waals surface area contributed by atoms with E-state index in [0.717, 1.165) is 5.57 Å². The zero-order chi connectivity index (χ0) is 27.6. The van der Waals surface area contributed by atoms with Crippen LogP contribution in [0.5, 0.6) is 0 Å². The first-order valence-corrected chi connectivity index (χ1v) is 11.5. The lowest BCUT2D eigenvalue weighted by atomic mass is 10.1. The molecule has 0 saturated heterocycles. The monoisotopic (exact) mass is 512 g/mol. The van der Waals surface area contributed by atoms with Gasteiger partial charge in [0.25, 0.3) is 11.5 Å². The van der Waals surface area contributed by atoms with Crippen LogP contribution in [0.25, 0.3) is 11.8 Å². The number of amides is 1. The second-order valence-corrected chi connectivity index (χ2v) is 8.62. The average molecular weight is 513 g/mol. The van der Waals surface area contributed by atoms with E-state index in [1.807, 2.05) is 6.92 Å². The molecule has 0 saturated carbocycles. The molecule has 0 spiro atoms. The Balaban J connectivity index is 1.52. The van der Waals surface area contributed by atoms with E-state index in [-0.39, 0.29) is 22.6 Å². The van der Waals surface area contributed by atoms with Crippen molar-refractivity contribution in [3.63, 3.8) is 0 Å². The van der Waals surface area contributed by atoms with Crippen LogP contribution in [0.4, 0.5) is 5.69 Å². The second-order valence-electron chi connectivity index (χ2n) is 8.62. The number of anilines is 1. The molecule has 1 amide bonds. The first-order chi connectivity index (χ1) is 18.1. The molecule has 0 unspecified atom stereocenters. The number of carbonyl (C=O) groups is 3. The molecule has 10 nitrogen and oxygen atoms in total. The number of nitrogens with zero attached hydrogens (tertiary/aromatic N) is 3. The summed E-state index contributed by atoms with van der Waals surface area (Å²) in [4.78, 5) is 48.0. The molecule has 3 N–H and O–H groups in total. The number of aromatic nitrogens is 2. The molecule has 1 aromatic heterocycles. The standard InChI is InChI=1S/C28H24N4O6/c1-16(4-14-23-17(2)29-31(25(23)33)21-10-6-19(7-11-21)27(35)36)5-15-24-18(3)30-32(26(24)34)22-12-8-20(9-13-22)28(37)38/h4-15,29H,1-3H3,(H,35,36)(H,37,38). The third kappa shape index (κ3) is 5.14. The predicted molar refractivity (Wildman–Crippen MR) is 143 cm³/mol. The zero-order valence-electron chi connectivity index (χ0n) is 20.8. The number of aromatic amines is 1. The van der Waals surface area contributed by atoms with Gasteiger partial charge in [-0.15, -0.1) is 0 Å². The molecule has 4 rings (SSSR count). The Morgan fingerprint density at radius 2 is 1.45 bits per heavy atom. The second kappa shape index (κ2) is 10.4.